The van der Waals surface area contributed by atoms with E-state index in [2.05, 4.69) is 17.2 Å². The second-order valence-corrected chi connectivity index (χ2v) is 5.45. The number of amidine groups is 1. The van der Waals surface area contributed by atoms with Crippen LogP contribution in [-0.2, 0) is 0 Å². The van der Waals surface area contributed by atoms with Crippen molar-refractivity contribution >= 4 is 11.9 Å². The van der Waals surface area contributed by atoms with Gasteiger partial charge >= 0.3 is 0 Å². The number of nitriles is 1. The summed E-state index contributed by atoms with van der Waals surface area (Å²) in [6, 6.07) is 10.5. The molecule has 1 saturated carbocycles. The van der Waals surface area contributed by atoms with Gasteiger partial charge in [-0.05, 0) is 30.4 Å². The highest BCUT2D eigenvalue weighted by molar-refractivity contribution is 5.97. The van der Waals surface area contributed by atoms with Crippen molar-refractivity contribution in [2.24, 2.45) is 10.9 Å². The fraction of sp³-hybridized carbons (Fsp3) is 0.412. The first kappa shape index (κ1) is 14.3. The van der Waals surface area contributed by atoms with Crippen LogP contribution in [0.3, 0.4) is 0 Å². The van der Waals surface area contributed by atoms with Crippen LogP contribution >= 0.6 is 0 Å². The topological polar surface area (TPSA) is 48.2 Å². The fourth-order valence-electron chi connectivity index (χ4n) is 2.69. The number of hydrogen-bond donors (Lipinski definition) is 1. The molecule has 0 aromatic heterocycles. The SMILES string of the molecule is CC1CCCC(NC(C=Cc2ccccc2)=NC#N)C1. The highest BCUT2D eigenvalue weighted by Crippen LogP contribution is 2.23. The van der Waals surface area contributed by atoms with E-state index in [0.29, 0.717) is 11.9 Å². The van der Waals surface area contributed by atoms with Crippen LogP contribution in [0.5, 0.6) is 0 Å². The number of benzene rings is 1. The lowest BCUT2D eigenvalue weighted by atomic mass is 9.87. The van der Waals surface area contributed by atoms with Gasteiger partial charge in [0.25, 0.3) is 0 Å². The molecule has 3 nitrogen and oxygen atoms in total. The first-order valence-corrected chi connectivity index (χ1v) is 7.24. The maximum Gasteiger partial charge on any atom is 0.207 e. The molecule has 0 spiro atoms. The molecule has 2 atom stereocenters. The van der Waals surface area contributed by atoms with Gasteiger partial charge in [0.05, 0.1) is 0 Å². The predicted molar refractivity (Wildman–Crippen MR) is 83.1 cm³/mol. The molecule has 1 aromatic carbocycles. The van der Waals surface area contributed by atoms with Crippen molar-refractivity contribution in [3.05, 3.63) is 42.0 Å². The van der Waals surface area contributed by atoms with Crippen LogP contribution in [0.15, 0.2) is 41.4 Å². The maximum absolute atomic E-state index is 8.80. The monoisotopic (exact) mass is 267 g/mol. The highest BCUT2D eigenvalue weighted by atomic mass is 15.0. The van der Waals surface area contributed by atoms with E-state index in [9.17, 15) is 0 Å². The van der Waals surface area contributed by atoms with E-state index in [1.165, 1.54) is 12.8 Å². The summed E-state index contributed by atoms with van der Waals surface area (Å²) in [6.45, 7) is 2.29. The quantitative estimate of drug-likeness (QED) is 0.515. The summed E-state index contributed by atoms with van der Waals surface area (Å²) in [5.74, 6) is 1.41. The van der Waals surface area contributed by atoms with Crippen LogP contribution in [0.2, 0.25) is 0 Å². The van der Waals surface area contributed by atoms with Gasteiger partial charge in [-0.25, -0.2) is 0 Å². The third kappa shape index (κ3) is 4.55. The van der Waals surface area contributed by atoms with E-state index in [-0.39, 0.29) is 0 Å². The van der Waals surface area contributed by atoms with Crippen LogP contribution in [0.1, 0.15) is 38.2 Å². The molecule has 20 heavy (non-hydrogen) atoms. The third-order valence-corrected chi connectivity index (χ3v) is 3.69. The van der Waals surface area contributed by atoms with Crippen molar-refractivity contribution in [1.29, 1.82) is 5.26 Å². The zero-order valence-corrected chi connectivity index (χ0v) is 11.9. The van der Waals surface area contributed by atoms with Gasteiger partial charge < -0.3 is 5.32 Å². The summed E-state index contributed by atoms with van der Waals surface area (Å²) in [4.78, 5) is 3.88. The summed E-state index contributed by atoms with van der Waals surface area (Å²) in [5, 5.41) is 12.2. The molecule has 0 radical (unpaired) electrons. The van der Waals surface area contributed by atoms with Crippen molar-refractivity contribution in [3.63, 3.8) is 0 Å². The minimum absolute atomic E-state index is 0.436. The molecule has 1 aliphatic rings. The highest BCUT2D eigenvalue weighted by Gasteiger charge is 2.18. The summed E-state index contributed by atoms with van der Waals surface area (Å²) in [7, 11) is 0. The molecule has 0 aliphatic heterocycles. The molecule has 3 heteroatoms. The Morgan fingerprint density at radius 1 is 1.35 bits per heavy atom. The average Bonchev–Trinajstić information content (AvgIpc) is 2.46. The molecule has 0 amide bonds. The minimum Gasteiger partial charge on any atom is -0.367 e. The minimum atomic E-state index is 0.436. The Morgan fingerprint density at radius 2 is 2.15 bits per heavy atom. The molecule has 1 aromatic rings. The van der Waals surface area contributed by atoms with Gasteiger partial charge in [-0.15, -0.1) is 0 Å². The molecule has 2 rings (SSSR count). The zero-order valence-electron chi connectivity index (χ0n) is 11.9. The maximum atomic E-state index is 8.80. The molecule has 1 aliphatic carbocycles. The molecule has 1 fully saturated rings. The Morgan fingerprint density at radius 3 is 2.85 bits per heavy atom. The zero-order chi connectivity index (χ0) is 14.2. The molecular formula is C17H21N3. The normalized spacial score (nSPS) is 23.5. The van der Waals surface area contributed by atoms with Gasteiger partial charge in [0.2, 0.25) is 6.19 Å². The Hall–Kier alpha value is -2.08. The number of nitrogens with zero attached hydrogens (tertiary/aromatic N) is 2. The fourth-order valence-corrected chi connectivity index (χ4v) is 2.69. The lowest BCUT2D eigenvalue weighted by Gasteiger charge is -2.27. The van der Waals surface area contributed by atoms with E-state index in [0.717, 1.165) is 24.3 Å². The average molecular weight is 267 g/mol. The lowest BCUT2D eigenvalue weighted by molar-refractivity contribution is 0.326. The van der Waals surface area contributed by atoms with Crippen molar-refractivity contribution in [3.8, 4) is 6.19 Å². The molecule has 0 saturated heterocycles. The third-order valence-electron chi connectivity index (χ3n) is 3.69. The Kier molecular flexibility index (Phi) is 5.37. The second-order valence-electron chi connectivity index (χ2n) is 5.45. The van der Waals surface area contributed by atoms with Gasteiger partial charge in [-0.2, -0.15) is 10.3 Å². The van der Waals surface area contributed by atoms with Crippen LogP contribution in [-0.4, -0.2) is 11.9 Å². The molecule has 0 bridgehead atoms. The molecular weight excluding hydrogens is 246 g/mol. The van der Waals surface area contributed by atoms with Crippen molar-refractivity contribution in [2.75, 3.05) is 0 Å². The molecule has 1 N–H and O–H groups in total. The van der Waals surface area contributed by atoms with Gasteiger partial charge in [0.1, 0.15) is 5.84 Å². The van der Waals surface area contributed by atoms with Gasteiger partial charge in [0, 0.05) is 6.04 Å². The van der Waals surface area contributed by atoms with E-state index in [1.54, 1.807) is 0 Å². The van der Waals surface area contributed by atoms with E-state index in [1.807, 2.05) is 48.7 Å². The van der Waals surface area contributed by atoms with Crippen LogP contribution in [0.25, 0.3) is 6.08 Å². The summed E-state index contributed by atoms with van der Waals surface area (Å²) < 4.78 is 0. The lowest BCUT2D eigenvalue weighted by Crippen LogP contribution is -2.37. The van der Waals surface area contributed by atoms with Crippen molar-refractivity contribution in [1.82, 2.24) is 5.32 Å². The second kappa shape index (κ2) is 7.49. The standard InChI is InChI=1S/C17H21N3/c1-14-6-5-9-16(12-14)20-17(19-13-18)11-10-15-7-3-2-4-8-15/h2-4,7-8,10-11,14,16H,5-6,9,12H2,1H3,(H,19,20). The van der Waals surface area contributed by atoms with Gasteiger partial charge in [-0.3, -0.25) is 0 Å². The van der Waals surface area contributed by atoms with Gasteiger partial charge in [0.15, 0.2) is 0 Å². The summed E-state index contributed by atoms with van der Waals surface area (Å²) in [6.07, 6.45) is 10.6. The first-order valence-electron chi connectivity index (χ1n) is 7.24. The Labute approximate surface area is 121 Å². The van der Waals surface area contributed by atoms with E-state index in [4.69, 9.17) is 5.26 Å². The van der Waals surface area contributed by atoms with E-state index >= 15 is 0 Å². The molecule has 104 valence electrons. The molecule has 0 heterocycles. The smallest absolute Gasteiger partial charge is 0.207 e. The van der Waals surface area contributed by atoms with Crippen molar-refractivity contribution < 1.29 is 0 Å². The summed E-state index contributed by atoms with van der Waals surface area (Å²) in [5.41, 5.74) is 1.11. The first-order chi connectivity index (χ1) is 9.78. The number of rotatable bonds is 3. The number of nitrogens with one attached hydrogen (secondary N) is 1. The Balaban J connectivity index is 1.99. The van der Waals surface area contributed by atoms with E-state index < -0.39 is 0 Å². The predicted octanol–water partition coefficient (Wildman–Crippen LogP) is 3.75. The van der Waals surface area contributed by atoms with Crippen LogP contribution in [0, 0.1) is 17.4 Å². The number of aliphatic imine (C=N–C) groups is 1. The van der Waals surface area contributed by atoms with Crippen LogP contribution in [0.4, 0.5) is 0 Å². The molecule has 2 unspecified atom stereocenters. The van der Waals surface area contributed by atoms with Gasteiger partial charge in [-0.1, -0.05) is 56.2 Å². The largest absolute Gasteiger partial charge is 0.367 e. The van der Waals surface area contributed by atoms with Crippen molar-refractivity contribution in [2.45, 2.75) is 38.6 Å². The van der Waals surface area contributed by atoms with Crippen LogP contribution < -0.4 is 5.32 Å². The number of hydrogen-bond acceptors (Lipinski definition) is 2. The summed E-state index contributed by atoms with van der Waals surface area (Å²) >= 11 is 0. The Bertz CT molecular complexity index is 511.